The maximum atomic E-state index is 13.7. The molecule has 0 rings (SSSR count). The van der Waals surface area contributed by atoms with Gasteiger partial charge in [-0.1, -0.05) is 399 Å². The molecule has 0 bridgehead atoms. The quantitative estimate of drug-likeness (QED) is 0.0205. The molecule has 0 aromatic heterocycles. The zero-order valence-corrected chi connectivity index (χ0v) is 64.4. The monoisotopic (exact) mass is 1330 g/mol. The Kier molecular flexibility index (Phi) is 72.0. The van der Waals surface area contributed by atoms with Gasteiger partial charge in [0.15, 0.2) is 0 Å². The maximum absolute atomic E-state index is 13.7. The average molecular weight is 1330 g/mol. The molecule has 0 spiro atoms. The van der Waals surface area contributed by atoms with Crippen molar-refractivity contribution in [3.63, 3.8) is 0 Å². The Labute approximate surface area is 581 Å². The number of phosphoric ester groups is 1. The number of carbonyl (C=O) groups excluding carboxylic acids is 2. The van der Waals surface area contributed by atoms with Crippen LogP contribution in [0.3, 0.4) is 0 Å². The Hall–Kier alpha value is -1.51. The summed E-state index contributed by atoms with van der Waals surface area (Å²) in [6.07, 6.45) is 92.3. The van der Waals surface area contributed by atoms with Gasteiger partial charge in [-0.2, -0.15) is 0 Å². The van der Waals surface area contributed by atoms with Crippen LogP contribution in [-0.4, -0.2) is 74.3 Å². The van der Waals surface area contributed by atoms with Gasteiger partial charge in [0.25, 0.3) is 0 Å². The molecule has 0 aliphatic carbocycles. The maximum Gasteiger partial charge on any atom is 0.472 e. The van der Waals surface area contributed by atoms with Crippen LogP contribution in [0.2, 0.25) is 0 Å². The fourth-order valence-electron chi connectivity index (χ4n) is 13.0. The Morgan fingerprint density at radius 2 is 0.624 bits per heavy atom. The molecule has 0 saturated carbocycles. The fourth-order valence-corrected chi connectivity index (χ4v) is 13.7. The first kappa shape index (κ1) is 91.5. The zero-order chi connectivity index (χ0) is 67.8. The molecule has 93 heavy (non-hydrogen) atoms. The number of amides is 1. The molecule has 0 aromatic rings. The highest BCUT2D eigenvalue weighted by Gasteiger charge is 2.30. The van der Waals surface area contributed by atoms with E-state index in [4.69, 9.17) is 13.8 Å². The summed E-state index contributed by atoms with van der Waals surface area (Å²) in [5, 5.41) is 3.10. The number of rotatable bonds is 78. The van der Waals surface area contributed by atoms with E-state index in [0.717, 1.165) is 57.8 Å². The van der Waals surface area contributed by atoms with Crippen molar-refractivity contribution in [3.8, 4) is 0 Å². The molecule has 2 N–H and O–H groups in total. The summed E-state index contributed by atoms with van der Waals surface area (Å²) in [5.74, 6) is -0.474. The molecule has 0 aromatic carbocycles. The van der Waals surface area contributed by atoms with Crippen LogP contribution in [0, 0.1) is 0 Å². The normalized spacial score (nSPS) is 13.4. The summed E-state index contributed by atoms with van der Waals surface area (Å²) in [6, 6.07) is -0.844. The van der Waals surface area contributed by atoms with Crippen molar-refractivity contribution in [1.82, 2.24) is 5.32 Å². The van der Waals surface area contributed by atoms with E-state index >= 15 is 0 Å². The van der Waals surface area contributed by atoms with Gasteiger partial charge in [0.1, 0.15) is 19.3 Å². The van der Waals surface area contributed by atoms with E-state index in [0.29, 0.717) is 23.9 Å². The van der Waals surface area contributed by atoms with Crippen LogP contribution in [0.5, 0.6) is 0 Å². The van der Waals surface area contributed by atoms with Gasteiger partial charge in [-0.25, -0.2) is 4.57 Å². The van der Waals surface area contributed by atoms with E-state index in [1.807, 2.05) is 27.2 Å². The first-order chi connectivity index (χ1) is 45.4. The highest BCUT2D eigenvalue weighted by molar-refractivity contribution is 7.47. The van der Waals surface area contributed by atoms with E-state index in [1.165, 1.54) is 353 Å². The first-order valence-electron chi connectivity index (χ1n) is 41.7. The summed E-state index contributed by atoms with van der Waals surface area (Å²) in [5.41, 5.74) is 0. The second-order valence-corrected chi connectivity index (χ2v) is 31.5. The Balaban J connectivity index is 4.87. The molecule has 552 valence electrons. The molecule has 0 fully saturated rings. The smallest absolute Gasteiger partial charge is 0.456 e. The molecule has 1 amide bonds. The van der Waals surface area contributed by atoms with Crippen molar-refractivity contribution in [3.05, 3.63) is 24.3 Å². The molecule has 10 heteroatoms. The second-order valence-electron chi connectivity index (χ2n) is 30.0. The van der Waals surface area contributed by atoms with Crippen LogP contribution in [0.1, 0.15) is 445 Å². The van der Waals surface area contributed by atoms with Crippen LogP contribution in [0.15, 0.2) is 24.3 Å². The van der Waals surface area contributed by atoms with E-state index in [9.17, 15) is 19.0 Å². The van der Waals surface area contributed by atoms with Crippen LogP contribution >= 0.6 is 7.82 Å². The van der Waals surface area contributed by atoms with Crippen LogP contribution in [0.4, 0.5) is 0 Å². The molecule has 0 aliphatic rings. The van der Waals surface area contributed by atoms with Gasteiger partial charge < -0.3 is 19.4 Å². The molecule has 0 saturated heterocycles. The summed E-state index contributed by atoms with van der Waals surface area (Å²) in [4.78, 5) is 38.1. The largest absolute Gasteiger partial charge is 0.472 e. The number of hydrogen-bond acceptors (Lipinski definition) is 6. The van der Waals surface area contributed by atoms with Crippen molar-refractivity contribution in [2.24, 2.45) is 0 Å². The third kappa shape index (κ3) is 74.6. The van der Waals surface area contributed by atoms with Crippen molar-refractivity contribution in [1.29, 1.82) is 0 Å². The highest BCUT2D eigenvalue weighted by atomic mass is 31.2. The number of carbonyl (C=O) groups is 2. The molecular weight excluding hydrogens is 1170 g/mol. The van der Waals surface area contributed by atoms with E-state index in [-0.39, 0.29) is 25.1 Å². The topological polar surface area (TPSA) is 111 Å². The van der Waals surface area contributed by atoms with Gasteiger partial charge in [0, 0.05) is 12.8 Å². The number of phosphoric acid groups is 1. The Morgan fingerprint density at radius 3 is 0.914 bits per heavy atom. The van der Waals surface area contributed by atoms with Gasteiger partial charge in [0.05, 0.1) is 33.8 Å². The highest BCUT2D eigenvalue weighted by Crippen LogP contribution is 2.43. The predicted molar refractivity (Wildman–Crippen MR) is 406 cm³/mol. The van der Waals surface area contributed by atoms with Crippen molar-refractivity contribution < 1.29 is 37.3 Å². The van der Waals surface area contributed by atoms with E-state index in [1.54, 1.807) is 0 Å². The number of ether oxygens (including phenoxy) is 1. The minimum Gasteiger partial charge on any atom is -0.456 e. The number of unbranched alkanes of at least 4 members (excludes halogenated alkanes) is 60. The molecule has 3 atom stereocenters. The molecule has 3 unspecified atom stereocenters. The molecular formula is C83H164N2O7P+. The van der Waals surface area contributed by atoms with Crippen LogP contribution in [0.25, 0.3) is 0 Å². The first-order valence-corrected chi connectivity index (χ1v) is 43.2. The lowest BCUT2D eigenvalue weighted by atomic mass is 10.0. The lowest BCUT2D eigenvalue weighted by Gasteiger charge is -2.27. The number of nitrogens with zero attached hydrogens (tertiary/aromatic N) is 1. The molecule has 0 aliphatic heterocycles. The Morgan fingerprint density at radius 1 is 0.366 bits per heavy atom. The predicted octanol–water partition coefficient (Wildman–Crippen LogP) is 27.1. The van der Waals surface area contributed by atoms with Gasteiger partial charge in [-0.05, 0) is 57.4 Å². The van der Waals surface area contributed by atoms with Gasteiger partial charge in [-0.3, -0.25) is 18.6 Å². The third-order valence-electron chi connectivity index (χ3n) is 19.4. The van der Waals surface area contributed by atoms with Crippen LogP contribution in [-0.2, 0) is 27.9 Å². The molecule has 0 heterocycles. The van der Waals surface area contributed by atoms with Crippen molar-refractivity contribution in [2.45, 2.75) is 457 Å². The van der Waals surface area contributed by atoms with Crippen LogP contribution < -0.4 is 5.32 Å². The van der Waals surface area contributed by atoms with Gasteiger partial charge in [-0.15, -0.1) is 0 Å². The number of hydrogen-bond donors (Lipinski definition) is 2. The average Bonchev–Trinajstić information content (AvgIpc) is 2.15. The number of allylic oxidation sites excluding steroid dienone is 3. The summed E-state index contributed by atoms with van der Waals surface area (Å²) >= 11 is 0. The van der Waals surface area contributed by atoms with Gasteiger partial charge >= 0.3 is 13.8 Å². The van der Waals surface area contributed by atoms with E-state index in [2.05, 4.69) is 44.3 Å². The summed E-state index contributed by atoms with van der Waals surface area (Å²) in [6.45, 7) is 7.11. The third-order valence-corrected chi connectivity index (χ3v) is 20.4. The standard InChI is InChI=1S/C83H163N2O7P/c1-7-10-13-16-19-22-25-28-30-32-34-36-38-40-42-44-46-48-50-52-54-57-60-63-66-69-72-75-82(86)84-80(79-91-93(88,89)90-78-77-85(4,5)6)81(74-71-68-65-62-59-56-27-24-21-18-15-12-9-3)92-83(87)76-73-70-67-64-61-58-55-53-51-49-47-45-43-41-39-37-35-33-31-29-26-23-20-17-14-11-8-2/h29,31,71,74,80-81H,7-28,30,32-70,72-73,75-79H2,1-6H3,(H-,84,86,88,89)/p+1/b31-29+,74-71+. The minimum atomic E-state index is -4.46. The summed E-state index contributed by atoms with van der Waals surface area (Å²) < 4.78 is 31.0. The van der Waals surface area contributed by atoms with Crippen molar-refractivity contribution in [2.75, 3.05) is 40.9 Å². The number of likely N-dealkylation sites (N-methyl/N-ethyl adjacent to an activating group) is 1. The minimum absolute atomic E-state index is 0.0453. The van der Waals surface area contributed by atoms with Gasteiger partial charge in [0.2, 0.25) is 5.91 Å². The zero-order valence-electron chi connectivity index (χ0n) is 63.5. The van der Waals surface area contributed by atoms with Crippen molar-refractivity contribution >= 4 is 19.7 Å². The molecule has 9 nitrogen and oxygen atoms in total. The Bertz CT molecular complexity index is 1630. The summed E-state index contributed by atoms with van der Waals surface area (Å²) in [7, 11) is 1.53. The number of nitrogens with one attached hydrogen (secondary N) is 1. The molecule has 0 radical (unpaired) electrons. The lowest BCUT2D eigenvalue weighted by molar-refractivity contribution is -0.870. The SMILES string of the molecule is CCCCCCCC/C=C/CCCCCCCCCCCCCCCCCCCC(=O)OC(/C=C/CCCCCCCCCCCCC)C(COP(=O)(O)OCC[N+](C)(C)C)NC(=O)CCCCCCCCCCCCCCCCCCCCCCCCCCCCC. The number of quaternary nitrogens is 1. The van der Waals surface area contributed by atoms with E-state index < -0.39 is 20.0 Å². The fraction of sp³-hybridized carbons (Fsp3) is 0.928. The number of esters is 1. The lowest BCUT2D eigenvalue weighted by Crippen LogP contribution is -2.47. The second kappa shape index (κ2) is 73.2.